The van der Waals surface area contributed by atoms with Gasteiger partial charge in [-0.05, 0) is 80.4 Å². The highest BCUT2D eigenvalue weighted by atomic mass is 127. The molecule has 0 radical (unpaired) electrons. The first kappa shape index (κ1) is 22.2. The van der Waals surface area contributed by atoms with Crippen molar-refractivity contribution in [3.05, 3.63) is 34.9 Å². The van der Waals surface area contributed by atoms with Gasteiger partial charge in [-0.1, -0.05) is 93.7 Å². The van der Waals surface area contributed by atoms with E-state index in [1.54, 1.807) is 16.7 Å². The molecule has 0 saturated heterocycles. The van der Waals surface area contributed by atoms with Crippen LogP contribution in [0.3, 0.4) is 0 Å². The third-order valence-corrected chi connectivity index (χ3v) is 8.30. The minimum atomic E-state index is 0.534. The maximum atomic E-state index is 2.69. The van der Waals surface area contributed by atoms with Gasteiger partial charge in [0.15, 0.2) is 0 Å². The fourth-order valence-corrected chi connectivity index (χ4v) is 4.52. The number of rotatable bonds is 13. The fourth-order valence-electron chi connectivity index (χ4n) is 3.87. The minimum Gasteiger partial charge on any atom is -0.0789 e. The number of alkyl halides is 1. The van der Waals surface area contributed by atoms with Crippen molar-refractivity contribution in [1.82, 2.24) is 0 Å². The van der Waals surface area contributed by atoms with Gasteiger partial charge in [-0.3, -0.25) is 0 Å². The van der Waals surface area contributed by atoms with Gasteiger partial charge in [0.25, 0.3) is 0 Å². The van der Waals surface area contributed by atoms with Crippen molar-refractivity contribution in [3.8, 4) is 0 Å². The van der Waals surface area contributed by atoms with Crippen LogP contribution in [-0.2, 0) is 12.8 Å². The van der Waals surface area contributed by atoms with E-state index in [0.717, 1.165) is 0 Å². The van der Waals surface area contributed by atoms with Crippen LogP contribution in [-0.4, -0.2) is 3.42 Å². The summed E-state index contributed by atoms with van der Waals surface area (Å²) in [6.07, 6.45) is 17.9. The van der Waals surface area contributed by atoms with Gasteiger partial charge in [0.1, 0.15) is 0 Å². The molecule has 0 aliphatic heterocycles. The summed E-state index contributed by atoms with van der Waals surface area (Å²) < 4.78 is 0.708. The highest BCUT2D eigenvalue weighted by molar-refractivity contribution is 14.1. The first-order valence-electron chi connectivity index (χ1n) is 11.1. The molecule has 2 rings (SSSR count). The lowest BCUT2D eigenvalue weighted by Crippen LogP contribution is -2.08. The SMILES string of the molecule is CCC(C)(C)CCCCCc1cccc(CCCCCC2(I)CC2)c1C. The lowest BCUT2D eigenvalue weighted by Gasteiger charge is -2.22. The third-order valence-electron chi connectivity index (χ3n) is 6.68. The molecule has 1 aromatic rings. The zero-order chi connectivity index (χ0) is 19.0. The second kappa shape index (κ2) is 10.5. The maximum Gasteiger partial charge on any atom is 0.0223 e. The molecular weight excluding hydrogens is 427 g/mol. The molecule has 0 aromatic heterocycles. The molecule has 0 nitrogen and oxygen atoms in total. The molecule has 1 aliphatic carbocycles. The summed E-state index contributed by atoms with van der Waals surface area (Å²) in [7, 11) is 0. The molecule has 26 heavy (non-hydrogen) atoms. The van der Waals surface area contributed by atoms with Crippen LogP contribution in [0.4, 0.5) is 0 Å². The fraction of sp³-hybridized carbons (Fsp3) is 0.760. The topological polar surface area (TPSA) is 0 Å². The van der Waals surface area contributed by atoms with Crippen LogP contribution in [0.1, 0.15) is 108 Å². The van der Waals surface area contributed by atoms with Crippen LogP contribution in [0, 0.1) is 12.3 Å². The van der Waals surface area contributed by atoms with Crippen LogP contribution >= 0.6 is 22.6 Å². The molecule has 148 valence electrons. The van der Waals surface area contributed by atoms with Crippen LogP contribution in [0.25, 0.3) is 0 Å². The Morgan fingerprint density at radius 2 is 1.50 bits per heavy atom. The van der Waals surface area contributed by atoms with Crippen LogP contribution in [0.2, 0.25) is 0 Å². The Bertz CT molecular complexity index is 539. The maximum absolute atomic E-state index is 2.69. The zero-order valence-corrected chi connectivity index (χ0v) is 20.0. The molecule has 1 fully saturated rings. The molecule has 0 atom stereocenters. The van der Waals surface area contributed by atoms with Gasteiger partial charge in [-0.2, -0.15) is 0 Å². The van der Waals surface area contributed by atoms with E-state index in [2.05, 4.69) is 68.5 Å². The van der Waals surface area contributed by atoms with Crippen molar-refractivity contribution in [2.24, 2.45) is 5.41 Å². The van der Waals surface area contributed by atoms with Crippen molar-refractivity contribution >= 4 is 22.6 Å². The summed E-state index contributed by atoms with van der Waals surface area (Å²) in [6, 6.07) is 7.02. The molecule has 1 saturated carbocycles. The van der Waals surface area contributed by atoms with Crippen LogP contribution < -0.4 is 0 Å². The predicted octanol–water partition coefficient (Wildman–Crippen LogP) is 8.60. The number of aryl methyl sites for hydroxylation is 2. The normalized spacial score (nSPS) is 16.0. The Balaban J connectivity index is 1.66. The largest absolute Gasteiger partial charge is 0.0789 e. The van der Waals surface area contributed by atoms with Gasteiger partial charge in [0.05, 0.1) is 0 Å². The van der Waals surface area contributed by atoms with Crippen molar-refractivity contribution < 1.29 is 0 Å². The number of hydrogen-bond donors (Lipinski definition) is 0. The second-order valence-corrected chi connectivity index (χ2v) is 11.8. The molecule has 0 N–H and O–H groups in total. The van der Waals surface area contributed by atoms with E-state index < -0.39 is 0 Å². The molecule has 0 heterocycles. The smallest absolute Gasteiger partial charge is 0.0223 e. The van der Waals surface area contributed by atoms with Crippen molar-refractivity contribution in [2.75, 3.05) is 0 Å². The number of unbranched alkanes of at least 4 members (excludes halogenated alkanes) is 4. The Hall–Kier alpha value is -0.0500. The van der Waals surface area contributed by atoms with Gasteiger partial charge in [0, 0.05) is 3.42 Å². The average Bonchev–Trinajstić information content (AvgIpc) is 3.34. The minimum absolute atomic E-state index is 0.534. The monoisotopic (exact) mass is 468 g/mol. The number of hydrogen-bond acceptors (Lipinski definition) is 0. The Kier molecular flexibility index (Phi) is 8.97. The lowest BCUT2D eigenvalue weighted by atomic mass is 9.84. The van der Waals surface area contributed by atoms with E-state index in [1.807, 2.05) is 0 Å². The Morgan fingerprint density at radius 3 is 2.04 bits per heavy atom. The molecule has 0 amide bonds. The quantitative estimate of drug-likeness (QED) is 0.154. The Labute approximate surface area is 177 Å². The van der Waals surface area contributed by atoms with Gasteiger partial charge in [-0.25, -0.2) is 0 Å². The third kappa shape index (κ3) is 7.90. The number of benzene rings is 1. The van der Waals surface area contributed by atoms with Crippen LogP contribution in [0.15, 0.2) is 18.2 Å². The summed E-state index contributed by atoms with van der Waals surface area (Å²) in [4.78, 5) is 0. The molecule has 0 bridgehead atoms. The molecule has 0 unspecified atom stereocenters. The average molecular weight is 469 g/mol. The molecular formula is C25H41I. The summed E-state index contributed by atoms with van der Waals surface area (Å²) in [5, 5.41) is 0. The highest BCUT2D eigenvalue weighted by Crippen LogP contribution is 2.48. The van der Waals surface area contributed by atoms with Crippen LogP contribution in [0.5, 0.6) is 0 Å². The lowest BCUT2D eigenvalue weighted by molar-refractivity contribution is 0.308. The first-order chi connectivity index (χ1) is 12.4. The first-order valence-corrected chi connectivity index (χ1v) is 12.2. The van der Waals surface area contributed by atoms with Crippen molar-refractivity contribution in [2.45, 2.75) is 115 Å². The van der Waals surface area contributed by atoms with E-state index in [1.165, 1.54) is 83.5 Å². The predicted molar refractivity (Wildman–Crippen MR) is 126 cm³/mol. The zero-order valence-electron chi connectivity index (χ0n) is 17.8. The molecule has 1 aliphatic rings. The second-order valence-electron chi connectivity index (χ2n) is 9.49. The summed E-state index contributed by atoms with van der Waals surface area (Å²) in [6.45, 7) is 9.49. The number of halogens is 1. The van der Waals surface area contributed by atoms with E-state index in [9.17, 15) is 0 Å². The van der Waals surface area contributed by atoms with E-state index in [4.69, 9.17) is 0 Å². The molecule has 1 aromatic carbocycles. The summed E-state index contributed by atoms with van der Waals surface area (Å²) >= 11 is 2.69. The highest BCUT2D eigenvalue weighted by Gasteiger charge is 2.38. The van der Waals surface area contributed by atoms with E-state index >= 15 is 0 Å². The standard InChI is InChI=1S/C25H41I/c1-5-24(3,4)17-10-6-8-13-22-15-12-16-23(21(22)2)14-9-7-11-18-25(26)19-20-25/h12,15-16H,5-11,13-14,17-20H2,1-4H3. The summed E-state index contributed by atoms with van der Waals surface area (Å²) in [5.74, 6) is 0. The van der Waals surface area contributed by atoms with Crippen molar-refractivity contribution in [1.29, 1.82) is 0 Å². The Morgan fingerprint density at radius 1 is 0.923 bits per heavy atom. The van der Waals surface area contributed by atoms with Gasteiger partial charge >= 0.3 is 0 Å². The van der Waals surface area contributed by atoms with E-state index in [-0.39, 0.29) is 0 Å². The van der Waals surface area contributed by atoms with E-state index in [0.29, 0.717) is 8.84 Å². The van der Waals surface area contributed by atoms with Crippen molar-refractivity contribution in [3.63, 3.8) is 0 Å². The van der Waals surface area contributed by atoms with Gasteiger partial charge in [-0.15, -0.1) is 0 Å². The molecule has 1 heteroatoms. The molecule has 0 spiro atoms. The van der Waals surface area contributed by atoms with Gasteiger partial charge in [0.2, 0.25) is 0 Å². The van der Waals surface area contributed by atoms with Gasteiger partial charge < -0.3 is 0 Å². The summed E-state index contributed by atoms with van der Waals surface area (Å²) in [5.41, 5.74) is 5.31.